The van der Waals surface area contributed by atoms with Crippen molar-refractivity contribution in [1.82, 2.24) is 4.90 Å². The van der Waals surface area contributed by atoms with E-state index in [1.807, 2.05) is 12.1 Å². The minimum Gasteiger partial charge on any atom is -0.494 e. The normalized spacial score (nSPS) is 16.7. The monoisotopic (exact) mass is 489 g/mol. The standard InChI is InChI=1S/C26H35NO6S/c1-4-5-6-7-15-33-23-11-9-21(10-12-23)26(28)27(22-14-16-34(29,30)19-22)18-20-8-13-24(31-2)25(17-20)32-3/h8-13,17,22H,4-7,14-16,18-19H2,1-3H3/t22-/m0/s1. The molecule has 0 radical (unpaired) electrons. The number of hydrogen-bond acceptors (Lipinski definition) is 6. The van der Waals surface area contributed by atoms with Crippen LogP contribution >= 0.6 is 0 Å². The molecule has 1 amide bonds. The number of sulfone groups is 1. The fourth-order valence-corrected chi connectivity index (χ4v) is 5.87. The van der Waals surface area contributed by atoms with Crippen LogP contribution in [0.15, 0.2) is 42.5 Å². The molecule has 8 heteroatoms. The Bertz CT molecular complexity index is 1050. The van der Waals surface area contributed by atoms with Crippen LogP contribution in [-0.2, 0) is 16.4 Å². The molecular formula is C26H35NO6S. The molecular weight excluding hydrogens is 454 g/mol. The molecule has 1 saturated heterocycles. The van der Waals surface area contributed by atoms with Crippen molar-refractivity contribution in [3.8, 4) is 17.2 Å². The third kappa shape index (κ3) is 6.88. The van der Waals surface area contributed by atoms with Crippen molar-refractivity contribution in [3.05, 3.63) is 53.6 Å². The smallest absolute Gasteiger partial charge is 0.254 e. The molecule has 0 saturated carbocycles. The molecule has 0 aliphatic carbocycles. The first-order chi connectivity index (χ1) is 16.4. The Labute approximate surface area is 202 Å². The molecule has 1 heterocycles. The average molecular weight is 490 g/mol. The van der Waals surface area contributed by atoms with E-state index < -0.39 is 9.84 Å². The van der Waals surface area contributed by atoms with Gasteiger partial charge in [-0.15, -0.1) is 0 Å². The Balaban J connectivity index is 1.76. The predicted molar refractivity (Wildman–Crippen MR) is 133 cm³/mol. The maximum atomic E-state index is 13.5. The maximum Gasteiger partial charge on any atom is 0.254 e. The lowest BCUT2D eigenvalue weighted by Gasteiger charge is -2.29. The quantitative estimate of drug-likeness (QED) is 0.409. The van der Waals surface area contributed by atoms with E-state index in [4.69, 9.17) is 14.2 Å². The van der Waals surface area contributed by atoms with Crippen molar-refractivity contribution in [2.75, 3.05) is 32.3 Å². The second-order valence-electron chi connectivity index (χ2n) is 8.61. The van der Waals surface area contributed by atoms with Crippen molar-refractivity contribution in [1.29, 1.82) is 0 Å². The number of hydrogen-bond donors (Lipinski definition) is 0. The second kappa shape index (κ2) is 12.1. The molecule has 0 N–H and O–H groups in total. The molecule has 34 heavy (non-hydrogen) atoms. The number of nitrogens with zero attached hydrogens (tertiary/aromatic N) is 1. The molecule has 0 bridgehead atoms. The van der Waals surface area contributed by atoms with Gasteiger partial charge < -0.3 is 19.1 Å². The van der Waals surface area contributed by atoms with Crippen LogP contribution in [0.25, 0.3) is 0 Å². The molecule has 0 aromatic heterocycles. The van der Waals surface area contributed by atoms with E-state index in [1.165, 1.54) is 12.8 Å². The molecule has 2 aromatic carbocycles. The first-order valence-electron chi connectivity index (χ1n) is 11.8. The second-order valence-corrected chi connectivity index (χ2v) is 10.8. The van der Waals surface area contributed by atoms with Gasteiger partial charge >= 0.3 is 0 Å². The topological polar surface area (TPSA) is 82.1 Å². The van der Waals surface area contributed by atoms with Crippen molar-refractivity contribution >= 4 is 15.7 Å². The number of carbonyl (C=O) groups is 1. The van der Waals surface area contributed by atoms with Gasteiger partial charge in [-0.05, 0) is 54.8 Å². The van der Waals surface area contributed by atoms with Crippen LogP contribution in [0, 0.1) is 0 Å². The Morgan fingerprint density at radius 3 is 2.35 bits per heavy atom. The summed E-state index contributed by atoms with van der Waals surface area (Å²) in [5.41, 5.74) is 1.34. The summed E-state index contributed by atoms with van der Waals surface area (Å²) in [6, 6.07) is 12.2. The molecule has 1 atom stereocenters. The highest BCUT2D eigenvalue weighted by atomic mass is 32.2. The van der Waals surface area contributed by atoms with Crippen molar-refractivity contribution < 1.29 is 27.4 Å². The number of methoxy groups -OCH3 is 2. The molecule has 1 aliphatic rings. The van der Waals surface area contributed by atoms with Gasteiger partial charge in [0.25, 0.3) is 5.91 Å². The fourth-order valence-electron chi connectivity index (χ4n) is 4.14. The Morgan fingerprint density at radius 1 is 1.00 bits per heavy atom. The van der Waals surface area contributed by atoms with Crippen LogP contribution in [0.2, 0.25) is 0 Å². The van der Waals surface area contributed by atoms with Crippen LogP contribution in [-0.4, -0.2) is 57.6 Å². The minimum atomic E-state index is -3.15. The van der Waals surface area contributed by atoms with Gasteiger partial charge in [-0.3, -0.25) is 4.79 Å². The summed E-state index contributed by atoms with van der Waals surface area (Å²) < 4.78 is 40.8. The van der Waals surface area contributed by atoms with Gasteiger partial charge in [0.05, 0.1) is 32.3 Å². The van der Waals surface area contributed by atoms with Gasteiger partial charge in [0.2, 0.25) is 0 Å². The first kappa shape index (κ1) is 25.9. The van der Waals surface area contributed by atoms with E-state index in [0.717, 1.165) is 24.2 Å². The number of amides is 1. The average Bonchev–Trinajstić information content (AvgIpc) is 3.21. The molecule has 1 aliphatic heterocycles. The van der Waals surface area contributed by atoms with Gasteiger partial charge in [0.1, 0.15) is 5.75 Å². The lowest BCUT2D eigenvalue weighted by molar-refractivity contribution is 0.0680. The third-order valence-corrected chi connectivity index (χ3v) is 7.83. The third-order valence-electron chi connectivity index (χ3n) is 6.08. The summed E-state index contributed by atoms with van der Waals surface area (Å²) in [6.45, 7) is 3.10. The molecule has 186 valence electrons. The Hall–Kier alpha value is -2.74. The fraction of sp³-hybridized carbons (Fsp3) is 0.500. The van der Waals surface area contributed by atoms with E-state index in [0.29, 0.717) is 30.1 Å². The summed E-state index contributed by atoms with van der Waals surface area (Å²) in [5.74, 6) is 1.75. The summed E-state index contributed by atoms with van der Waals surface area (Å²) in [5, 5.41) is 0. The Morgan fingerprint density at radius 2 is 1.74 bits per heavy atom. The summed E-state index contributed by atoms with van der Waals surface area (Å²) in [4.78, 5) is 15.2. The van der Waals surface area contributed by atoms with Crippen molar-refractivity contribution in [2.24, 2.45) is 0 Å². The predicted octanol–water partition coefficient (Wildman–Crippen LogP) is 4.49. The van der Waals surface area contributed by atoms with Crippen LogP contribution in [0.4, 0.5) is 0 Å². The lowest BCUT2D eigenvalue weighted by Crippen LogP contribution is -2.40. The number of ether oxygens (including phenoxy) is 3. The van der Waals surface area contributed by atoms with Gasteiger partial charge in [0, 0.05) is 18.2 Å². The number of rotatable bonds is 12. The van der Waals surface area contributed by atoms with E-state index in [-0.39, 0.29) is 30.0 Å². The lowest BCUT2D eigenvalue weighted by atomic mass is 10.1. The van der Waals surface area contributed by atoms with E-state index in [1.54, 1.807) is 49.5 Å². The van der Waals surface area contributed by atoms with Crippen LogP contribution < -0.4 is 14.2 Å². The highest BCUT2D eigenvalue weighted by Gasteiger charge is 2.35. The summed E-state index contributed by atoms with van der Waals surface area (Å²) >= 11 is 0. The number of unbranched alkanes of at least 4 members (excludes halogenated alkanes) is 3. The van der Waals surface area contributed by atoms with Crippen molar-refractivity contribution in [3.63, 3.8) is 0 Å². The zero-order valence-electron chi connectivity index (χ0n) is 20.3. The van der Waals surface area contributed by atoms with Crippen LogP contribution in [0.5, 0.6) is 17.2 Å². The van der Waals surface area contributed by atoms with E-state index in [2.05, 4.69) is 6.92 Å². The SMILES string of the molecule is CCCCCCOc1ccc(C(=O)N(Cc2ccc(OC)c(OC)c2)[C@H]2CCS(=O)(=O)C2)cc1. The highest BCUT2D eigenvalue weighted by molar-refractivity contribution is 7.91. The van der Waals surface area contributed by atoms with Crippen LogP contribution in [0.1, 0.15) is 54.9 Å². The Kier molecular flexibility index (Phi) is 9.21. The molecule has 1 fully saturated rings. The maximum absolute atomic E-state index is 13.5. The number of carbonyl (C=O) groups excluding carboxylic acids is 1. The highest BCUT2D eigenvalue weighted by Crippen LogP contribution is 2.30. The van der Waals surface area contributed by atoms with E-state index in [9.17, 15) is 13.2 Å². The van der Waals surface area contributed by atoms with Crippen LogP contribution in [0.3, 0.4) is 0 Å². The molecule has 0 spiro atoms. The first-order valence-corrected chi connectivity index (χ1v) is 13.6. The van der Waals surface area contributed by atoms with E-state index >= 15 is 0 Å². The zero-order valence-corrected chi connectivity index (χ0v) is 21.1. The molecule has 7 nitrogen and oxygen atoms in total. The molecule has 0 unspecified atom stereocenters. The summed E-state index contributed by atoms with van der Waals surface area (Å²) in [7, 11) is -0.0325. The van der Waals surface area contributed by atoms with Gasteiger partial charge in [-0.1, -0.05) is 32.3 Å². The van der Waals surface area contributed by atoms with Gasteiger partial charge in [0.15, 0.2) is 21.3 Å². The van der Waals surface area contributed by atoms with Gasteiger partial charge in [-0.25, -0.2) is 8.42 Å². The largest absolute Gasteiger partial charge is 0.494 e. The zero-order chi connectivity index (χ0) is 24.6. The number of benzene rings is 2. The molecule has 3 rings (SSSR count). The minimum absolute atomic E-state index is 0.0228. The van der Waals surface area contributed by atoms with Gasteiger partial charge in [-0.2, -0.15) is 0 Å². The summed E-state index contributed by atoms with van der Waals surface area (Å²) in [6.07, 6.45) is 4.95. The molecule has 2 aromatic rings. The van der Waals surface area contributed by atoms with Crippen molar-refractivity contribution in [2.45, 2.75) is 51.6 Å².